The number of allylic oxidation sites excluding steroid dienone is 1. The number of hydrogen-bond donors (Lipinski definition) is 1. The molecule has 0 radical (unpaired) electrons. The predicted molar refractivity (Wildman–Crippen MR) is 101 cm³/mol. The lowest BCUT2D eigenvalue weighted by atomic mass is 10.0. The number of rotatable bonds is 4. The molecule has 6 heteroatoms. The number of halogens is 1. The van der Waals surface area contributed by atoms with Gasteiger partial charge in [-0.3, -0.25) is 9.59 Å². The third kappa shape index (κ3) is 4.16. The predicted octanol–water partition coefficient (Wildman–Crippen LogP) is 2.94. The molecule has 27 heavy (non-hydrogen) atoms. The van der Waals surface area contributed by atoms with Gasteiger partial charge >= 0.3 is 0 Å². The Kier molecular flexibility index (Phi) is 5.54. The van der Waals surface area contributed by atoms with E-state index in [1.54, 1.807) is 7.11 Å². The summed E-state index contributed by atoms with van der Waals surface area (Å²) in [5.74, 6) is -0.172. The first kappa shape index (κ1) is 18.6. The molecular formula is C21H21FN2O3. The van der Waals surface area contributed by atoms with E-state index in [2.05, 4.69) is 5.32 Å². The van der Waals surface area contributed by atoms with E-state index in [9.17, 15) is 14.0 Å². The molecule has 140 valence electrons. The summed E-state index contributed by atoms with van der Waals surface area (Å²) in [5, 5.41) is 2.77. The lowest BCUT2D eigenvalue weighted by Gasteiger charge is -2.34. The molecular weight excluding hydrogens is 347 g/mol. The number of nitrogens with one attached hydrogen (secondary N) is 1. The second kappa shape index (κ2) is 8.03. The van der Waals surface area contributed by atoms with Crippen LogP contribution in [-0.4, -0.2) is 36.9 Å². The van der Waals surface area contributed by atoms with Crippen LogP contribution in [0.1, 0.15) is 24.1 Å². The van der Waals surface area contributed by atoms with Gasteiger partial charge < -0.3 is 15.0 Å². The molecule has 1 N–H and O–H groups in total. The maximum Gasteiger partial charge on any atom is 0.247 e. The SMILES string of the molecule is COc1ccc(/C(C)=C/C(=O)N2CCNC(=O)C2c2ccc(F)cc2)cc1. The zero-order valence-corrected chi connectivity index (χ0v) is 15.2. The average molecular weight is 368 g/mol. The normalized spacial score (nSPS) is 17.4. The summed E-state index contributed by atoms with van der Waals surface area (Å²) in [6.07, 6.45) is 1.52. The number of carbonyl (C=O) groups is 2. The van der Waals surface area contributed by atoms with Gasteiger partial charge in [0.15, 0.2) is 0 Å². The molecule has 2 aromatic rings. The Labute approximate surface area is 157 Å². The van der Waals surface area contributed by atoms with E-state index in [4.69, 9.17) is 4.74 Å². The monoisotopic (exact) mass is 368 g/mol. The fourth-order valence-corrected chi connectivity index (χ4v) is 3.09. The zero-order chi connectivity index (χ0) is 19.4. The second-order valence-corrected chi connectivity index (χ2v) is 6.33. The van der Waals surface area contributed by atoms with Gasteiger partial charge in [-0.15, -0.1) is 0 Å². The molecule has 0 saturated carbocycles. The number of piperazine rings is 1. The third-order valence-electron chi connectivity index (χ3n) is 4.57. The van der Waals surface area contributed by atoms with Gasteiger partial charge in [0.05, 0.1) is 7.11 Å². The summed E-state index contributed by atoms with van der Waals surface area (Å²) >= 11 is 0. The van der Waals surface area contributed by atoms with Gasteiger partial charge in [0, 0.05) is 19.2 Å². The largest absolute Gasteiger partial charge is 0.497 e. The summed E-state index contributed by atoms with van der Waals surface area (Å²) in [4.78, 5) is 26.8. The summed E-state index contributed by atoms with van der Waals surface area (Å²) in [5.41, 5.74) is 2.26. The Bertz CT molecular complexity index is 860. The van der Waals surface area contributed by atoms with Crippen LogP contribution in [0, 0.1) is 5.82 Å². The number of hydrogen-bond acceptors (Lipinski definition) is 3. The zero-order valence-electron chi connectivity index (χ0n) is 15.2. The van der Waals surface area contributed by atoms with Crippen molar-refractivity contribution in [2.45, 2.75) is 13.0 Å². The number of ether oxygens (including phenoxy) is 1. The van der Waals surface area contributed by atoms with Crippen molar-refractivity contribution in [1.29, 1.82) is 0 Å². The van der Waals surface area contributed by atoms with Gasteiger partial charge in [-0.2, -0.15) is 0 Å². The molecule has 0 aliphatic carbocycles. The minimum absolute atomic E-state index is 0.257. The first-order chi connectivity index (χ1) is 13.0. The van der Waals surface area contributed by atoms with Crippen molar-refractivity contribution in [3.63, 3.8) is 0 Å². The highest BCUT2D eigenvalue weighted by Crippen LogP contribution is 2.25. The van der Waals surface area contributed by atoms with Crippen molar-refractivity contribution in [2.24, 2.45) is 0 Å². The van der Waals surface area contributed by atoms with E-state index in [-0.39, 0.29) is 17.6 Å². The second-order valence-electron chi connectivity index (χ2n) is 6.33. The summed E-state index contributed by atoms with van der Waals surface area (Å²) in [6.45, 7) is 2.62. The van der Waals surface area contributed by atoms with Crippen LogP contribution < -0.4 is 10.1 Å². The van der Waals surface area contributed by atoms with E-state index in [1.165, 1.54) is 35.2 Å². The Morgan fingerprint density at radius 3 is 2.48 bits per heavy atom. The van der Waals surface area contributed by atoms with Crippen LogP contribution in [0.2, 0.25) is 0 Å². The van der Waals surface area contributed by atoms with E-state index in [0.717, 1.165) is 16.9 Å². The van der Waals surface area contributed by atoms with Gasteiger partial charge in [-0.1, -0.05) is 24.3 Å². The molecule has 1 aliphatic rings. The van der Waals surface area contributed by atoms with Crippen molar-refractivity contribution in [3.8, 4) is 5.75 Å². The Morgan fingerprint density at radius 1 is 1.19 bits per heavy atom. The van der Waals surface area contributed by atoms with Gasteiger partial charge in [0.1, 0.15) is 17.6 Å². The summed E-state index contributed by atoms with van der Waals surface area (Å²) in [6, 6.07) is 12.3. The maximum atomic E-state index is 13.2. The molecule has 1 saturated heterocycles. The van der Waals surface area contributed by atoms with Crippen LogP contribution in [0.5, 0.6) is 5.75 Å². The van der Waals surface area contributed by atoms with E-state index in [0.29, 0.717) is 18.7 Å². The van der Waals surface area contributed by atoms with Gasteiger partial charge in [-0.25, -0.2) is 4.39 Å². The van der Waals surface area contributed by atoms with Crippen molar-refractivity contribution in [2.75, 3.05) is 20.2 Å². The number of carbonyl (C=O) groups excluding carboxylic acids is 2. The van der Waals surface area contributed by atoms with Crippen molar-refractivity contribution in [1.82, 2.24) is 10.2 Å². The number of amides is 2. The minimum Gasteiger partial charge on any atom is -0.497 e. The highest BCUT2D eigenvalue weighted by atomic mass is 19.1. The molecule has 0 aromatic heterocycles. The van der Waals surface area contributed by atoms with Gasteiger partial charge in [0.25, 0.3) is 0 Å². The number of benzene rings is 2. The highest BCUT2D eigenvalue weighted by Gasteiger charge is 2.33. The topological polar surface area (TPSA) is 58.6 Å². The van der Waals surface area contributed by atoms with Gasteiger partial charge in [-0.05, 0) is 47.9 Å². The first-order valence-corrected chi connectivity index (χ1v) is 8.66. The van der Waals surface area contributed by atoms with E-state index < -0.39 is 6.04 Å². The van der Waals surface area contributed by atoms with E-state index >= 15 is 0 Å². The lowest BCUT2D eigenvalue weighted by Crippen LogP contribution is -2.51. The molecule has 1 heterocycles. The smallest absolute Gasteiger partial charge is 0.247 e. The molecule has 2 amide bonds. The van der Waals surface area contributed by atoms with Crippen LogP contribution in [-0.2, 0) is 9.59 Å². The van der Waals surface area contributed by atoms with Gasteiger partial charge in [0.2, 0.25) is 11.8 Å². The van der Waals surface area contributed by atoms with Crippen molar-refractivity contribution in [3.05, 3.63) is 71.6 Å². The highest BCUT2D eigenvalue weighted by molar-refractivity contribution is 5.98. The average Bonchev–Trinajstić information content (AvgIpc) is 2.68. The molecule has 5 nitrogen and oxygen atoms in total. The minimum atomic E-state index is -0.772. The van der Waals surface area contributed by atoms with Crippen LogP contribution in [0.4, 0.5) is 4.39 Å². The van der Waals surface area contributed by atoms with Crippen molar-refractivity contribution >= 4 is 17.4 Å². The Morgan fingerprint density at radius 2 is 1.85 bits per heavy atom. The quantitative estimate of drug-likeness (QED) is 0.844. The standard InChI is InChI=1S/C21H21FN2O3/c1-14(15-5-9-18(27-2)10-6-15)13-19(25)24-12-11-23-21(26)20(24)16-3-7-17(22)8-4-16/h3-10,13,20H,11-12H2,1-2H3,(H,23,26)/b14-13+. The molecule has 2 aromatic carbocycles. The van der Waals surface area contributed by atoms with Crippen LogP contribution in [0.3, 0.4) is 0 Å². The Balaban J connectivity index is 1.85. The molecule has 1 fully saturated rings. The molecule has 1 unspecified atom stereocenters. The number of nitrogens with zero attached hydrogens (tertiary/aromatic N) is 1. The fraction of sp³-hybridized carbons (Fsp3) is 0.238. The molecule has 0 bridgehead atoms. The third-order valence-corrected chi connectivity index (χ3v) is 4.57. The van der Waals surface area contributed by atoms with E-state index in [1.807, 2.05) is 31.2 Å². The van der Waals surface area contributed by atoms with Crippen LogP contribution in [0.15, 0.2) is 54.6 Å². The van der Waals surface area contributed by atoms with Crippen LogP contribution >= 0.6 is 0 Å². The molecule has 1 aliphatic heterocycles. The first-order valence-electron chi connectivity index (χ1n) is 8.66. The molecule has 0 spiro atoms. The number of methoxy groups -OCH3 is 1. The lowest BCUT2D eigenvalue weighted by molar-refractivity contribution is -0.140. The Hall–Kier alpha value is -3.15. The maximum absolute atomic E-state index is 13.2. The summed E-state index contributed by atoms with van der Waals surface area (Å²) < 4.78 is 18.4. The van der Waals surface area contributed by atoms with Crippen molar-refractivity contribution < 1.29 is 18.7 Å². The molecule has 1 atom stereocenters. The van der Waals surface area contributed by atoms with Crippen LogP contribution in [0.25, 0.3) is 5.57 Å². The summed E-state index contributed by atoms with van der Waals surface area (Å²) in [7, 11) is 1.60. The molecule has 3 rings (SSSR count). The fourth-order valence-electron chi connectivity index (χ4n) is 3.09.